The third-order valence-corrected chi connectivity index (χ3v) is 4.09. The SMILES string of the molecule is Cc1ncccc1CNCC1CCN(C[C@@H](C)O)CC1. The molecule has 1 aromatic rings. The number of nitrogens with one attached hydrogen (secondary N) is 1. The van der Waals surface area contributed by atoms with Crippen LogP contribution in [-0.4, -0.2) is 47.3 Å². The molecule has 2 rings (SSSR count). The molecule has 0 saturated carbocycles. The molecule has 2 N–H and O–H groups in total. The molecular formula is C16H27N3O. The summed E-state index contributed by atoms with van der Waals surface area (Å²) in [5, 5.41) is 13.0. The Labute approximate surface area is 122 Å². The number of aryl methyl sites for hydroxylation is 1. The van der Waals surface area contributed by atoms with Gasteiger partial charge in [0.1, 0.15) is 0 Å². The average Bonchev–Trinajstić information content (AvgIpc) is 2.42. The first-order valence-corrected chi connectivity index (χ1v) is 7.67. The maximum atomic E-state index is 9.40. The van der Waals surface area contributed by atoms with E-state index in [1.165, 1.54) is 18.4 Å². The topological polar surface area (TPSA) is 48.4 Å². The van der Waals surface area contributed by atoms with Crippen molar-refractivity contribution in [1.82, 2.24) is 15.2 Å². The van der Waals surface area contributed by atoms with E-state index in [4.69, 9.17) is 0 Å². The van der Waals surface area contributed by atoms with Gasteiger partial charge in [-0.2, -0.15) is 0 Å². The first kappa shape index (κ1) is 15.4. The molecular weight excluding hydrogens is 250 g/mol. The third kappa shape index (κ3) is 4.85. The van der Waals surface area contributed by atoms with E-state index in [0.717, 1.165) is 44.3 Å². The summed E-state index contributed by atoms with van der Waals surface area (Å²) in [7, 11) is 0. The lowest BCUT2D eigenvalue weighted by molar-refractivity contribution is 0.0998. The molecule has 0 amide bonds. The summed E-state index contributed by atoms with van der Waals surface area (Å²) in [5.41, 5.74) is 2.41. The number of aromatic nitrogens is 1. The summed E-state index contributed by atoms with van der Waals surface area (Å²) in [6, 6.07) is 4.14. The maximum Gasteiger partial charge on any atom is 0.0639 e. The fourth-order valence-corrected chi connectivity index (χ4v) is 2.86. The monoisotopic (exact) mass is 277 g/mol. The first-order chi connectivity index (χ1) is 9.65. The predicted molar refractivity (Wildman–Crippen MR) is 81.5 cm³/mol. The van der Waals surface area contributed by atoms with Crippen LogP contribution in [0.2, 0.25) is 0 Å². The molecule has 2 heterocycles. The Morgan fingerprint density at radius 3 is 2.85 bits per heavy atom. The summed E-state index contributed by atoms with van der Waals surface area (Å²) in [6.45, 7) is 8.96. The van der Waals surface area contributed by atoms with Crippen LogP contribution in [-0.2, 0) is 6.54 Å². The molecule has 1 aromatic heterocycles. The average molecular weight is 277 g/mol. The van der Waals surface area contributed by atoms with Gasteiger partial charge in [0.25, 0.3) is 0 Å². The first-order valence-electron chi connectivity index (χ1n) is 7.67. The minimum atomic E-state index is -0.210. The number of nitrogens with zero attached hydrogens (tertiary/aromatic N) is 2. The van der Waals surface area contributed by atoms with Crippen LogP contribution in [0.25, 0.3) is 0 Å². The molecule has 1 aliphatic heterocycles. The zero-order chi connectivity index (χ0) is 14.4. The lowest BCUT2D eigenvalue weighted by atomic mass is 9.96. The van der Waals surface area contributed by atoms with Crippen molar-refractivity contribution < 1.29 is 5.11 Å². The molecule has 1 aliphatic rings. The second kappa shape index (κ2) is 7.72. The normalized spacial score (nSPS) is 19.1. The number of hydrogen-bond acceptors (Lipinski definition) is 4. The number of rotatable bonds is 6. The Bertz CT molecular complexity index is 400. The number of likely N-dealkylation sites (tertiary alicyclic amines) is 1. The predicted octanol–water partition coefficient (Wildman–Crippen LogP) is 1.57. The number of β-amino-alcohol motifs (C(OH)–C–C–N with tert-alkyl or cyclic N) is 1. The highest BCUT2D eigenvalue weighted by Crippen LogP contribution is 2.16. The lowest BCUT2D eigenvalue weighted by Crippen LogP contribution is -2.40. The number of aliphatic hydroxyl groups excluding tert-OH is 1. The van der Waals surface area contributed by atoms with Crippen LogP contribution in [0.15, 0.2) is 18.3 Å². The van der Waals surface area contributed by atoms with Gasteiger partial charge in [-0.05, 0) is 63.9 Å². The Balaban J connectivity index is 1.65. The van der Waals surface area contributed by atoms with Crippen LogP contribution in [0, 0.1) is 12.8 Å². The molecule has 1 atom stereocenters. The summed E-state index contributed by atoms with van der Waals surface area (Å²) in [6.07, 6.45) is 4.09. The quantitative estimate of drug-likeness (QED) is 0.829. The summed E-state index contributed by atoms with van der Waals surface area (Å²) in [4.78, 5) is 6.68. The third-order valence-electron chi connectivity index (χ3n) is 4.09. The van der Waals surface area contributed by atoms with Gasteiger partial charge in [0.05, 0.1) is 6.10 Å². The molecule has 0 spiro atoms. The lowest BCUT2D eigenvalue weighted by Gasteiger charge is -2.32. The fraction of sp³-hybridized carbons (Fsp3) is 0.688. The zero-order valence-electron chi connectivity index (χ0n) is 12.7. The molecule has 112 valence electrons. The second-order valence-corrected chi connectivity index (χ2v) is 5.97. The molecule has 20 heavy (non-hydrogen) atoms. The van der Waals surface area contributed by atoms with Crippen LogP contribution < -0.4 is 5.32 Å². The van der Waals surface area contributed by atoms with Gasteiger partial charge in [-0.3, -0.25) is 4.98 Å². The fourth-order valence-electron chi connectivity index (χ4n) is 2.86. The van der Waals surface area contributed by atoms with E-state index in [0.29, 0.717) is 0 Å². The smallest absolute Gasteiger partial charge is 0.0639 e. The van der Waals surface area contributed by atoms with E-state index in [-0.39, 0.29) is 6.10 Å². The largest absolute Gasteiger partial charge is 0.392 e. The minimum Gasteiger partial charge on any atom is -0.392 e. The van der Waals surface area contributed by atoms with Crippen LogP contribution >= 0.6 is 0 Å². The highest BCUT2D eigenvalue weighted by Gasteiger charge is 2.19. The highest BCUT2D eigenvalue weighted by molar-refractivity contribution is 5.17. The zero-order valence-corrected chi connectivity index (χ0v) is 12.7. The van der Waals surface area contributed by atoms with E-state index in [2.05, 4.69) is 28.2 Å². The van der Waals surface area contributed by atoms with Gasteiger partial charge in [-0.1, -0.05) is 6.07 Å². The second-order valence-electron chi connectivity index (χ2n) is 5.97. The van der Waals surface area contributed by atoms with Crippen LogP contribution in [0.3, 0.4) is 0 Å². The maximum absolute atomic E-state index is 9.40. The van der Waals surface area contributed by atoms with Gasteiger partial charge < -0.3 is 15.3 Å². The van der Waals surface area contributed by atoms with Crippen LogP contribution in [0.5, 0.6) is 0 Å². The Hall–Kier alpha value is -0.970. The van der Waals surface area contributed by atoms with Crippen molar-refractivity contribution in [3.63, 3.8) is 0 Å². The Kier molecular flexibility index (Phi) is 5.95. The van der Waals surface area contributed by atoms with Crippen molar-refractivity contribution in [2.45, 2.75) is 39.3 Å². The van der Waals surface area contributed by atoms with Crippen LogP contribution in [0.4, 0.5) is 0 Å². The summed E-state index contributed by atoms with van der Waals surface area (Å²) >= 11 is 0. The van der Waals surface area contributed by atoms with E-state index in [9.17, 15) is 5.11 Å². The van der Waals surface area contributed by atoms with E-state index >= 15 is 0 Å². The van der Waals surface area contributed by atoms with Crippen molar-refractivity contribution >= 4 is 0 Å². The van der Waals surface area contributed by atoms with Gasteiger partial charge in [0.2, 0.25) is 0 Å². The van der Waals surface area contributed by atoms with Crippen molar-refractivity contribution in [2.75, 3.05) is 26.2 Å². The summed E-state index contributed by atoms with van der Waals surface area (Å²) in [5.74, 6) is 0.761. The van der Waals surface area contributed by atoms with Crippen molar-refractivity contribution in [3.8, 4) is 0 Å². The van der Waals surface area contributed by atoms with Gasteiger partial charge in [-0.25, -0.2) is 0 Å². The molecule has 0 radical (unpaired) electrons. The molecule has 4 nitrogen and oxygen atoms in total. The molecule has 1 fully saturated rings. The standard InChI is InChI=1S/C16H27N3O/c1-13(20)12-19-8-5-15(6-9-19)10-17-11-16-4-3-7-18-14(16)2/h3-4,7,13,15,17,20H,5-6,8-12H2,1-2H3/t13-/m1/s1. The molecule has 0 bridgehead atoms. The van der Waals surface area contributed by atoms with E-state index < -0.39 is 0 Å². The van der Waals surface area contributed by atoms with Crippen molar-refractivity contribution in [3.05, 3.63) is 29.6 Å². The molecule has 0 unspecified atom stereocenters. The Morgan fingerprint density at radius 2 is 2.20 bits per heavy atom. The van der Waals surface area contributed by atoms with Crippen LogP contribution in [0.1, 0.15) is 31.0 Å². The molecule has 1 saturated heterocycles. The van der Waals surface area contributed by atoms with Gasteiger partial charge >= 0.3 is 0 Å². The van der Waals surface area contributed by atoms with Crippen molar-refractivity contribution in [1.29, 1.82) is 0 Å². The van der Waals surface area contributed by atoms with Gasteiger partial charge in [0, 0.05) is 25.0 Å². The molecule has 4 heteroatoms. The highest BCUT2D eigenvalue weighted by atomic mass is 16.3. The van der Waals surface area contributed by atoms with E-state index in [1.54, 1.807) is 0 Å². The Morgan fingerprint density at radius 1 is 1.45 bits per heavy atom. The van der Waals surface area contributed by atoms with E-state index in [1.807, 2.05) is 19.2 Å². The van der Waals surface area contributed by atoms with Gasteiger partial charge in [0.15, 0.2) is 0 Å². The number of pyridine rings is 1. The van der Waals surface area contributed by atoms with Crippen molar-refractivity contribution in [2.24, 2.45) is 5.92 Å². The molecule has 0 aromatic carbocycles. The number of piperidine rings is 1. The number of aliphatic hydroxyl groups is 1. The number of hydrogen-bond donors (Lipinski definition) is 2. The minimum absolute atomic E-state index is 0.210. The summed E-state index contributed by atoms with van der Waals surface area (Å²) < 4.78 is 0. The van der Waals surface area contributed by atoms with Gasteiger partial charge in [-0.15, -0.1) is 0 Å². The molecule has 0 aliphatic carbocycles.